The fourth-order valence-electron chi connectivity index (χ4n) is 1.02. The quantitative estimate of drug-likeness (QED) is 0.512. The van der Waals surface area contributed by atoms with Crippen molar-refractivity contribution >= 4 is 17.6 Å². The third-order valence-electron chi connectivity index (χ3n) is 1.84. The molecule has 1 aromatic heterocycles. The lowest BCUT2D eigenvalue weighted by atomic mass is 10.2. The Bertz CT molecular complexity index is 407. The lowest BCUT2D eigenvalue weighted by molar-refractivity contribution is -0.140. The van der Waals surface area contributed by atoms with Gasteiger partial charge in [-0.3, -0.25) is 4.79 Å². The second-order valence-corrected chi connectivity index (χ2v) is 2.99. The van der Waals surface area contributed by atoms with E-state index in [1.165, 1.54) is 12.3 Å². The van der Waals surface area contributed by atoms with E-state index in [0.717, 1.165) is 0 Å². The third kappa shape index (κ3) is 2.67. The minimum Gasteiger partial charge on any atom is -0.480 e. The highest BCUT2D eigenvalue weighted by Crippen LogP contribution is 2.06. The van der Waals surface area contributed by atoms with E-state index in [1.54, 1.807) is 6.07 Å². The fraction of sp³-hybridized carbons (Fsp3) is 0.222. The van der Waals surface area contributed by atoms with Gasteiger partial charge in [0.05, 0.1) is 12.3 Å². The molecule has 0 aromatic carbocycles. The number of nitrogens with two attached hydrogens (primary N) is 1. The van der Waals surface area contributed by atoms with Crippen LogP contribution in [0.5, 0.6) is 0 Å². The summed E-state index contributed by atoms with van der Waals surface area (Å²) in [7, 11) is 0. The number of aliphatic carboxylic acids is 1. The first-order valence-electron chi connectivity index (χ1n) is 4.41. The van der Waals surface area contributed by atoms with Crippen LogP contribution in [0.1, 0.15) is 10.5 Å². The molecular formula is C9H11N3O4. The lowest BCUT2D eigenvalue weighted by Gasteiger charge is -2.11. The second kappa shape index (κ2) is 5.08. The Morgan fingerprint density at radius 3 is 2.75 bits per heavy atom. The Morgan fingerprint density at radius 2 is 2.25 bits per heavy atom. The second-order valence-electron chi connectivity index (χ2n) is 2.99. The van der Waals surface area contributed by atoms with Crippen molar-refractivity contribution in [2.24, 2.45) is 0 Å². The topological polar surface area (TPSA) is 126 Å². The minimum absolute atomic E-state index is 0.0674. The number of carboxylic acids is 1. The molecule has 0 spiro atoms. The van der Waals surface area contributed by atoms with E-state index < -0.39 is 24.5 Å². The Hall–Kier alpha value is -2.15. The number of aromatic nitrogens is 1. The van der Waals surface area contributed by atoms with Gasteiger partial charge < -0.3 is 21.3 Å². The summed E-state index contributed by atoms with van der Waals surface area (Å²) in [5.41, 5.74) is 5.55. The van der Waals surface area contributed by atoms with Crippen LogP contribution >= 0.6 is 0 Å². The summed E-state index contributed by atoms with van der Waals surface area (Å²) in [6.45, 7) is -0.701. The average molecular weight is 225 g/mol. The van der Waals surface area contributed by atoms with Gasteiger partial charge in [-0.05, 0) is 12.1 Å². The number of rotatable bonds is 4. The van der Waals surface area contributed by atoms with Gasteiger partial charge in [0.15, 0.2) is 11.7 Å². The molecule has 0 aliphatic heterocycles. The van der Waals surface area contributed by atoms with Crippen molar-refractivity contribution in [3.63, 3.8) is 0 Å². The number of carbonyl (C=O) groups is 2. The number of pyridine rings is 1. The SMILES string of the molecule is Nc1cccnc1C(=O)NC(CO)C(=O)O. The molecule has 86 valence electrons. The number of nitrogens with zero attached hydrogens (tertiary/aromatic N) is 1. The maximum absolute atomic E-state index is 11.5. The van der Waals surface area contributed by atoms with Gasteiger partial charge in [-0.25, -0.2) is 9.78 Å². The zero-order valence-corrected chi connectivity index (χ0v) is 8.25. The number of amides is 1. The highest BCUT2D eigenvalue weighted by atomic mass is 16.4. The number of hydrogen-bond acceptors (Lipinski definition) is 5. The van der Waals surface area contributed by atoms with Crippen LogP contribution in [0.4, 0.5) is 5.69 Å². The molecule has 0 fully saturated rings. The predicted octanol–water partition coefficient (Wildman–Crippen LogP) is -1.16. The van der Waals surface area contributed by atoms with Gasteiger partial charge in [0.2, 0.25) is 0 Å². The van der Waals surface area contributed by atoms with Gasteiger partial charge in [-0.2, -0.15) is 0 Å². The van der Waals surface area contributed by atoms with E-state index >= 15 is 0 Å². The number of nitrogen functional groups attached to an aromatic ring is 1. The molecular weight excluding hydrogens is 214 g/mol. The van der Waals surface area contributed by atoms with Crippen LogP contribution < -0.4 is 11.1 Å². The molecule has 1 heterocycles. The summed E-state index contributed by atoms with van der Waals surface area (Å²) >= 11 is 0. The highest BCUT2D eigenvalue weighted by molar-refractivity contribution is 5.98. The Balaban J connectivity index is 2.80. The number of nitrogens with one attached hydrogen (secondary N) is 1. The lowest BCUT2D eigenvalue weighted by Crippen LogP contribution is -2.43. The smallest absolute Gasteiger partial charge is 0.328 e. The first-order chi connectivity index (χ1) is 7.56. The number of anilines is 1. The van der Waals surface area contributed by atoms with E-state index in [9.17, 15) is 9.59 Å². The average Bonchev–Trinajstić information content (AvgIpc) is 2.25. The molecule has 1 rings (SSSR count). The molecule has 7 heteroatoms. The first kappa shape index (κ1) is 11.9. The normalized spacial score (nSPS) is 11.8. The zero-order chi connectivity index (χ0) is 12.1. The Kier molecular flexibility index (Phi) is 3.78. The van der Waals surface area contributed by atoms with Crippen molar-refractivity contribution in [2.45, 2.75) is 6.04 Å². The molecule has 16 heavy (non-hydrogen) atoms. The van der Waals surface area contributed by atoms with Gasteiger partial charge >= 0.3 is 5.97 Å². The van der Waals surface area contributed by atoms with Crippen LogP contribution in [-0.4, -0.2) is 39.7 Å². The van der Waals surface area contributed by atoms with E-state index in [2.05, 4.69) is 10.3 Å². The van der Waals surface area contributed by atoms with Crippen molar-refractivity contribution in [3.8, 4) is 0 Å². The fourth-order valence-corrected chi connectivity index (χ4v) is 1.02. The van der Waals surface area contributed by atoms with Gasteiger partial charge in [0.25, 0.3) is 5.91 Å². The van der Waals surface area contributed by atoms with Crippen LogP contribution in [0, 0.1) is 0 Å². The maximum atomic E-state index is 11.5. The summed E-state index contributed by atoms with van der Waals surface area (Å²) in [4.78, 5) is 25.8. The number of aliphatic hydroxyl groups excluding tert-OH is 1. The molecule has 0 radical (unpaired) electrons. The number of hydrogen-bond donors (Lipinski definition) is 4. The van der Waals surface area contributed by atoms with Gasteiger partial charge in [-0.1, -0.05) is 0 Å². The predicted molar refractivity (Wildman–Crippen MR) is 54.6 cm³/mol. The molecule has 5 N–H and O–H groups in total. The van der Waals surface area contributed by atoms with Crippen molar-refractivity contribution in [1.82, 2.24) is 10.3 Å². The summed E-state index contributed by atoms with van der Waals surface area (Å²) in [5.74, 6) is -2.06. The van der Waals surface area contributed by atoms with Crippen LogP contribution in [0.15, 0.2) is 18.3 Å². The number of aliphatic hydroxyl groups is 1. The third-order valence-corrected chi connectivity index (χ3v) is 1.84. The standard InChI is InChI=1S/C9H11N3O4/c10-5-2-1-3-11-7(5)8(14)12-6(4-13)9(15)16/h1-3,6,13H,4,10H2,(H,12,14)(H,15,16). The van der Waals surface area contributed by atoms with Gasteiger partial charge in [0, 0.05) is 6.20 Å². The molecule has 7 nitrogen and oxygen atoms in total. The molecule has 0 bridgehead atoms. The summed E-state index contributed by atoms with van der Waals surface area (Å²) in [5, 5.41) is 19.4. The highest BCUT2D eigenvalue weighted by Gasteiger charge is 2.21. The van der Waals surface area contributed by atoms with Crippen molar-refractivity contribution in [1.29, 1.82) is 0 Å². The summed E-state index contributed by atoms with van der Waals surface area (Å²) in [6.07, 6.45) is 1.36. The molecule has 1 unspecified atom stereocenters. The molecule has 0 aliphatic carbocycles. The van der Waals surface area contributed by atoms with E-state index in [4.69, 9.17) is 15.9 Å². The molecule has 0 aliphatic rings. The first-order valence-corrected chi connectivity index (χ1v) is 4.41. The molecule has 0 saturated carbocycles. The Labute approximate surface area is 90.9 Å². The number of carbonyl (C=O) groups excluding carboxylic acids is 1. The van der Waals surface area contributed by atoms with Crippen molar-refractivity contribution in [3.05, 3.63) is 24.0 Å². The van der Waals surface area contributed by atoms with Gasteiger partial charge in [-0.15, -0.1) is 0 Å². The van der Waals surface area contributed by atoms with E-state index in [0.29, 0.717) is 0 Å². The summed E-state index contributed by atoms with van der Waals surface area (Å²) in [6, 6.07) is 1.65. The molecule has 0 saturated heterocycles. The van der Waals surface area contributed by atoms with Crippen molar-refractivity contribution in [2.75, 3.05) is 12.3 Å². The number of carboxylic acid groups (broad SMARTS) is 1. The Morgan fingerprint density at radius 1 is 1.56 bits per heavy atom. The van der Waals surface area contributed by atoms with Crippen LogP contribution in [0.25, 0.3) is 0 Å². The zero-order valence-electron chi connectivity index (χ0n) is 8.25. The van der Waals surface area contributed by atoms with Crippen LogP contribution in [0.2, 0.25) is 0 Å². The molecule has 1 amide bonds. The summed E-state index contributed by atoms with van der Waals surface area (Å²) < 4.78 is 0. The molecule has 1 aromatic rings. The molecule has 1 atom stereocenters. The van der Waals surface area contributed by atoms with Crippen molar-refractivity contribution < 1.29 is 19.8 Å². The maximum Gasteiger partial charge on any atom is 0.328 e. The van der Waals surface area contributed by atoms with E-state index in [1.807, 2.05) is 0 Å². The minimum atomic E-state index is -1.37. The monoisotopic (exact) mass is 225 g/mol. The van der Waals surface area contributed by atoms with Crippen LogP contribution in [-0.2, 0) is 4.79 Å². The van der Waals surface area contributed by atoms with Gasteiger partial charge in [0.1, 0.15) is 0 Å². The van der Waals surface area contributed by atoms with E-state index in [-0.39, 0.29) is 11.4 Å². The van der Waals surface area contributed by atoms with Crippen LogP contribution in [0.3, 0.4) is 0 Å². The largest absolute Gasteiger partial charge is 0.480 e.